The molecule has 0 fully saturated rings. The predicted molar refractivity (Wildman–Crippen MR) is 91.1 cm³/mol. The second-order valence-electron chi connectivity index (χ2n) is 5.45. The van der Waals surface area contributed by atoms with Gasteiger partial charge < -0.3 is 19.1 Å². The van der Waals surface area contributed by atoms with E-state index in [1.807, 2.05) is 42.5 Å². The van der Waals surface area contributed by atoms with E-state index in [2.05, 4.69) is 0 Å². The highest BCUT2D eigenvalue weighted by molar-refractivity contribution is 5.91. The van der Waals surface area contributed by atoms with Gasteiger partial charge >= 0.3 is 0 Å². The van der Waals surface area contributed by atoms with Gasteiger partial charge in [-0.05, 0) is 29.8 Å². The second kappa shape index (κ2) is 7.08. The van der Waals surface area contributed by atoms with Gasteiger partial charge in [0, 0.05) is 25.2 Å². The minimum absolute atomic E-state index is 0.0847. The van der Waals surface area contributed by atoms with Crippen LogP contribution in [-0.4, -0.2) is 31.8 Å². The van der Waals surface area contributed by atoms with Crippen molar-refractivity contribution in [1.82, 2.24) is 4.90 Å². The van der Waals surface area contributed by atoms with Crippen LogP contribution in [0.2, 0.25) is 0 Å². The lowest BCUT2D eigenvalue weighted by Crippen LogP contribution is -2.24. The first-order valence-electron chi connectivity index (χ1n) is 7.62. The number of rotatable bonds is 5. The molecule has 0 saturated carbocycles. The highest BCUT2D eigenvalue weighted by Gasteiger charge is 2.13. The second-order valence-corrected chi connectivity index (χ2v) is 5.45. The number of para-hydroxylation sites is 1. The van der Waals surface area contributed by atoms with Crippen LogP contribution in [0.3, 0.4) is 0 Å². The minimum Gasteiger partial charge on any atom is -0.496 e. The van der Waals surface area contributed by atoms with Crippen LogP contribution in [0, 0.1) is 0 Å². The predicted octanol–water partition coefficient (Wildman–Crippen LogP) is 3.10. The van der Waals surface area contributed by atoms with Gasteiger partial charge in [-0.25, -0.2) is 0 Å². The molecule has 5 nitrogen and oxygen atoms in total. The molecule has 0 aliphatic carbocycles. The van der Waals surface area contributed by atoms with Gasteiger partial charge in [-0.2, -0.15) is 0 Å². The van der Waals surface area contributed by atoms with Crippen LogP contribution in [0.4, 0.5) is 0 Å². The Hall–Kier alpha value is -2.95. The Labute approximate surface area is 141 Å². The number of hydrogen-bond donors (Lipinski definition) is 0. The van der Waals surface area contributed by atoms with Crippen molar-refractivity contribution < 1.29 is 19.0 Å². The molecule has 1 amide bonds. The smallest absolute Gasteiger partial charge is 0.246 e. The largest absolute Gasteiger partial charge is 0.496 e. The number of methoxy groups -OCH3 is 1. The summed E-state index contributed by atoms with van der Waals surface area (Å²) in [5.41, 5.74) is 1.85. The number of amides is 1. The quantitative estimate of drug-likeness (QED) is 0.793. The highest BCUT2D eigenvalue weighted by Crippen LogP contribution is 2.32. The van der Waals surface area contributed by atoms with Gasteiger partial charge in [-0.3, -0.25) is 4.79 Å². The molecular formula is C19H19NO4. The number of nitrogens with zero attached hydrogens (tertiary/aromatic N) is 1. The molecule has 0 N–H and O–H groups in total. The Morgan fingerprint density at radius 2 is 2.00 bits per heavy atom. The summed E-state index contributed by atoms with van der Waals surface area (Å²) in [7, 11) is 3.39. The van der Waals surface area contributed by atoms with Crippen molar-refractivity contribution in [1.29, 1.82) is 0 Å². The number of benzene rings is 2. The lowest BCUT2D eigenvalue weighted by molar-refractivity contribution is -0.125. The Kier molecular flexibility index (Phi) is 4.70. The molecule has 0 radical (unpaired) electrons. The summed E-state index contributed by atoms with van der Waals surface area (Å²) < 4.78 is 15.9. The van der Waals surface area contributed by atoms with Crippen molar-refractivity contribution in [3.05, 3.63) is 59.7 Å². The number of carbonyl (C=O) groups is 1. The maximum Gasteiger partial charge on any atom is 0.246 e. The number of fused-ring (bicyclic) bond motifs is 1. The molecule has 124 valence electrons. The molecule has 0 spiro atoms. The summed E-state index contributed by atoms with van der Waals surface area (Å²) in [5, 5.41) is 0. The summed E-state index contributed by atoms with van der Waals surface area (Å²) in [6.07, 6.45) is 3.32. The monoisotopic (exact) mass is 325 g/mol. The summed E-state index contributed by atoms with van der Waals surface area (Å²) in [5.74, 6) is 2.12. The molecule has 1 aliphatic heterocycles. The Bertz CT molecular complexity index is 770. The van der Waals surface area contributed by atoms with E-state index in [0.29, 0.717) is 12.3 Å². The van der Waals surface area contributed by atoms with E-state index in [9.17, 15) is 4.79 Å². The van der Waals surface area contributed by atoms with Gasteiger partial charge in [0.15, 0.2) is 11.5 Å². The van der Waals surface area contributed by atoms with Gasteiger partial charge in [-0.1, -0.05) is 24.3 Å². The van der Waals surface area contributed by atoms with Crippen molar-refractivity contribution in [3.63, 3.8) is 0 Å². The van der Waals surface area contributed by atoms with Crippen LogP contribution in [0.1, 0.15) is 11.1 Å². The first-order valence-corrected chi connectivity index (χ1v) is 7.62. The van der Waals surface area contributed by atoms with Gasteiger partial charge in [0.2, 0.25) is 12.7 Å². The van der Waals surface area contributed by atoms with Crippen molar-refractivity contribution in [2.45, 2.75) is 6.54 Å². The van der Waals surface area contributed by atoms with Crippen molar-refractivity contribution in [3.8, 4) is 17.2 Å². The Morgan fingerprint density at radius 3 is 2.83 bits per heavy atom. The number of hydrogen-bond acceptors (Lipinski definition) is 4. The molecule has 0 bridgehead atoms. The fourth-order valence-corrected chi connectivity index (χ4v) is 2.48. The summed E-state index contributed by atoms with van der Waals surface area (Å²) in [6.45, 7) is 0.720. The zero-order valence-corrected chi connectivity index (χ0v) is 13.7. The first-order chi connectivity index (χ1) is 11.7. The highest BCUT2D eigenvalue weighted by atomic mass is 16.7. The van der Waals surface area contributed by atoms with E-state index in [0.717, 1.165) is 22.6 Å². The van der Waals surface area contributed by atoms with Crippen molar-refractivity contribution in [2.75, 3.05) is 21.0 Å². The minimum atomic E-state index is -0.0847. The van der Waals surface area contributed by atoms with Gasteiger partial charge in [0.1, 0.15) is 5.75 Å². The third kappa shape index (κ3) is 3.51. The Morgan fingerprint density at radius 1 is 1.21 bits per heavy atom. The lowest BCUT2D eigenvalue weighted by Gasteiger charge is -2.17. The van der Waals surface area contributed by atoms with E-state index >= 15 is 0 Å². The average Bonchev–Trinajstić information content (AvgIpc) is 3.07. The lowest BCUT2D eigenvalue weighted by atomic mass is 10.1. The maximum atomic E-state index is 12.3. The topological polar surface area (TPSA) is 48.0 Å². The van der Waals surface area contributed by atoms with E-state index in [4.69, 9.17) is 14.2 Å². The molecule has 0 unspecified atom stereocenters. The molecule has 0 atom stereocenters. The zero-order chi connectivity index (χ0) is 16.9. The molecule has 2 aromatic rings. The van der Waals surface area contributed by atoms with Crippen LogP contribution in [0.5, 0.6) is 17.2 Å². The molecule has 1 aliphatic rings. The third-order valence-electron chi connectivity index (χ3n) is 3.79. The summed E-state index contributed by atoms with van der Waals surface area (Å²) in [4.78, 5) is 13.9. The van der Waals surface area contributed by atoms with E-state index in [-0.39, 0.29) is 12.7 Å². The maximum absolute atomic E-state index is 12.3. The van der Waals surface area contributed by atoms with Crippen LogP contribution in [0.15, 0.2) is 48.5 Å². The van der Waals surface area contributed by atoms with Crippen LogP contribution >= 0.6 is 0 Å². The van der Waals surface area contributed by atoms with Gasteiger partial charge in [-0.15, -0.1) is 0 Å². The molecule has 3 rings (SSSR count). The van der Waals surface area contributed by atoms with Crippen molar-refractivity contribution >= 4 is 12.0 Å². The molecular weight excluding hydrogens is 306 g/mol. The fraction of sp³-hybridized carbons (Fsp3) is 0.211. The normalized spacial score (nSPS) is 12.4. The summed E-state index contributed by atoms with van der Waals surface area (Å²) in [6, 6.07) is 13.2. The van der Waals surface area contributed by atoms with Crippen LogP contribution in [0.25, 0.3) is 6.08 Å². The van der Waals surface area contributed by atoms with Crippen LogP contribution in [-0.2, 0) is 11.3 Å². The molecule has 0 saturated heterocycles. The van der Waals surface area contributed by atoms with Gasteiger partial charge in [0.25, 0.3) is 0 Å². The zero-order valence-electron chi connectivity index (χ0n) is 13.7. The van der Waals surface area contributed by atoms with E-state index < -0.39 is 0 Å². The first kappa shape index (κ1) is 15.9. The van der Waals surface area contributed by atoms with Crippen LogP contribution < -0.4 is 14.2 Å². The third-order valence-corrected chi connectivity index (χ3v) is 3.79. The SMILES string of the molecule is COc1ccccc1CN(C)C(=O)/C=C/c1ccc2c(c1)OCO2. The molecule has 24 heavy (non-hydrogen) atoms. The molecule has 1 heterocycles. The average molecular weight is 325 g/mol. The fourth-order valence-electron chi connectivity index (χ4n) is 2.48. The van der Waals surface area contributed by atoms with E-state index in [1.54, 1.807) is 31.2 Å². The molecule has 2 aromatic carbocycles. The number of carbonyl (C=O) groups excluding carboxylic acids is 1. The number of likely N-dealkylation sites (N-methyl/N-ethyl adjacent to an activating group) is 1. The Balaban J connectivity index is 1.65. The molecule has 0 aromatic heterocycles. The number of ether oxygens (including phenoxy) is 3. The van der Waals surface area contributed by atoms with Crippen molar-refractivity contribution in [2.24, 2.45) is 0 Å². The van der Waals surface area contributed by atoms with Gasteiger partial charge in [0.05, 0.1) is 7.11 Å². The summed E-state index contributed by atoms with van der Waals surface area (Å²) >= 11 is 0. The standard InChI is InChI=1S/C19H19NO4/c1-20(12-15-5-3-4-6-16(15)22-2)19(21)10-8-14-7-9-17-18(11-14)24-13-23-17/h3-11H,12-13H2,1-2H3/b10-8+. The van der Waals surface area contributed by atoms with E-state index in [1.165, 1.54) is 0 Å². The molecule has 5 heteroatoms.